The number of ether oxygens (including phenoxy) is 1. The Hall–Kier alpha value is -1.07. The zero-order valence-electron chi connectivity index (χ0n) is 14.1. The highest BCUT2D eigenvalue weighted by atomic mass is 79.9. The van der Waals surface area contributed by atoms with Crippen molar-refractivity contribution >= 4 is 22.0 Å². The molecule has 0 aliphatic heterocycles. The fraction of sp³-hybridized carbons (Fsp3) is 0.588. The molecule has 0 aliphatic rings. The molecule has 0 aliphatic carbocycles. The molecule has 1 aromatic rings. The largest absolute Gasteiger partial charge is 0.444 e. The van der Waals surface area contributed by atoms with Crippen molar-refractivity contribution in [3.05, 3.63) is 34.3 Å². The molecule has 0 aromatic heterocycles. The second-order valence-electron chi connectivity index (χ2n) is 6.84. The van der Waals surface area contributed by atoms with Gasteiger partial charge in [0.2, 0.25) is 0 Å². The minimum absolute atomic E-state index is 0.105. The van der Waals surface area contributed by atoms with Gasteiger partial charge in [0.15, 0.2) is 0 Å². The van der Waals surface area contributed by atoms with Crippen molar-refractivity contribution in [3.63, 3.8) is 0 Å². The Kier molecular flexibility index (Phi) is 6.88. The summed E-state index contributed by atoms with van der Waals surface area (Å²) in [5.74, 6) is 0. The van der Waals surface area contributed by atoms with Crippen LogP contribution in [-0.4, -0.2) is 24.8 Å². The molecule has 0 radical (unpaired) electrons. The van der Waals surface area contributed by atoms with Gasteiger partial charge in [0.05, 0.1) is 0 Å². The van der Waals surface area contributed by atoms with Crippen LogP contribution in [0.5, 0.6) is 0 Å². The first-order chi connectivity index (χ1) is 10.1. The number of hydrogen-bond donors (Lipinski definition) is 2. The van der Waals surface area contributed by atoms with Crippen LogP contribution in [-0.2, 0) is 10.3 Å². The third-order valence-corrected chi connectivity index (χ3v) is 3.68. The lowest BCUT2D eigenvalue weighted by Crippen LogP contribution is -2.39. The Bertz CT molecular complexity index is 478. The third kappa shape index (κ3) is 7.27. The lowest BCUT2D eigenvalue weighted by molar-refractivity contribution is 0.0527. The standard InChI is InChI=1S/C17H27BrN2O2/c1-16(2,3)22-15(21)19-11-6-12-20-17(4,5)13-7-9-14(18)10-8-13/h7-10,20H,6,11-12H2,1-5H3,(H,19,21). The van der Waals surface area contributed by atoms with Crippen LogP contribution in [0.3, 0.4) is 0 Å². The van der Waals surface area contributed by atoms with Gasteiger partial charge in [-0.1, -0.05) is 28.1 Å². The molecule has 124 valence electrons. The van der Waals surface area contributed by atoms with Gasteiger partial charge in [-0.15, -0.1) is 0 Å². The Morgan fingerprint density at radius 2 is 1.68 bits per heavy atom. The van der Waals surface area contributed by atoms with Crippen molar-refractivity contribution in [2.24, 2.45) is 0 Å². The van der Waals surface area contributed by atoms with Crippen LogP contribution in [0.2, 0.25) is 0 Å². The summed E-state index contributed by atoms with van der Waals surface area (Å²) in [5, 5.41) is 6.27. The maximum Gasteiger partial charge on any atom is 0.407 e. The Balaban J connectivity index is 2.29. The molecular formula is C17H27BrN2O2. The Labute approximate surface area is 142 Å². The van der Waals surface area contributed by atoms with Crippen molar-refractivity contribution < 1.29 is 9.53 Å². The maximum absolute atomic E-state index is 11.5. The summed E-state index contributed by atoms with van der Waals surface area (Å²) in [7, 11) is 0. The van der Waals surface area contributed by atoms with E-state index in [9.17, 15) is 4.79 Å². The molecule has 0 fully saturated rings. The highest BCUT2D eigenvalue weighted by molar-refractivity contribution is 9.10. The van der Waals surface area contributed by atoms with Crippen molar-refractivity contribution in [1.29, 1.82) is 0 Å². The van der Waals surface area contributed by atoms with Gasteiger partial charge in [-0.05, 0) is 65.3 Å². The van der Waals surface area contributed by atoms with Gasteiger partial charge in [-0.3, -0.25) is 0 Å². The predicted octanol–water partition coefficient (Wildman–Crippen LogP) is 4.19. The van der Waals surface area contributed by atoms with E-state index in [-0.39, 0.29) is 11.6 Å². The van der Waals surface area contributed by atoms with E-state index >= 15 is 0 Å². The number of halogens is 1. The minimum Gasteiger partial charge on any atom is -0.444 e. The lowest BCUT2D eigenvalue weighted by atomic mass is 9.94. The summed E-state index contributed by atoms with van der Waals surface area (Å²) >= 11 is 3.45. The molecular weight excluding hydrogens is 344 g/mol. The quantitative estimate of drug-likeness (QED) is 0.738. The average Bonchev–Trinajstić information content (AvgIpc) is 2.36. The topological polar surface area (TPSA) is 50.4 Å². The highest BCUT2D eigenvalue weighted by Gasteiger charge is 2.19. The normalized spacial score (nSPS) is 12.1. The van der Waals surface area contributed by atoms with Crippen LogP contribution in [0.25, 0.3) is 0 Å². The molecule has 4 nitrogen and oxygen atoms in total. The lowest BCUT2D eigenvalue weighted by Gasteiger charge is -2.27. The van der Waals surface area contributed by atoms with Crippen LogP contribution < -0.4 is 10.6 Å². The number of amides is 1. The summed E-state index contributed by atoms with van der Waals surface area (Å²) in [5.41, 5.74) is 0.675. The molecule has 5 heteroatoms. The van der Waals surface area contributed by atoms with E-state index in [1.807, 2.05) is 32.9 Å². The Morgan fingerprint density at radius 3 is 2.23 bits per heavy atom. The van der Waals surface area contributed by atoms with E-state index in [2.05, 4.69) is 52.5 Å². The number of carbonyl (C=O) groups excluding carboxylic acids is 1. The SMILES string of the molecule is CC(C)(C)OC(=O)NCCCNC(C)(C)c1ccc(Br)cc1. The van der Waals surface area contributed by atoms with E-state index < -0.39 is 5.60 Å². The summed E-state index contributed by atoms with van der Waals surface area (Å²) in [6.07, 6.45) is 0.485. The third-order valence-electron chi connectivity index (χ3n) is 3.15. The first kappa shape index (κ1) is 19.0. The molecule has 0 heterocycles. The molecule has 0 bridgehead atoms. The predicted molar refractivity (Wildman–Crippen MR) is 94.0 cm³/mol. The number of hydrogen-bond acceptors (Lipinski definition) is 3. The van der Waals surface area contributed by atoms with Gasteiger partial charge < -0.3 is 15.4 Å². The number of benzene rings is 1. The molecule has 0 unspecified atom stereocenters. The molecule has 22 heavy (non-hydrogen) atoms. The monoisotopic (exact) mass is 370 g/mol. The van der Waals surface area contributed by atoms with Crippen LogP contribution in [0.15, 0.2) is 28.7 Å². The van der Waals surface area contributed by atoms with Crippen molar-refractivity contribution in [2.45, 2.75) is 52.2 Å². The molecule has 0 spiro atoms. The first-order valence-electron chi connectivity index (χ1n) is 7.58. The van der Waals surface area contributed by atoms with Gasteiger partial charge in [0, 0.05) is 16.6 Å². The number of nitrogens with one attached hydrogen (secondary N) is 2. The fourth-order valence-corrected chi connectivity index (χ4v) is 2.23. The molecule has 0 atom stereocenters. The summed E-state index contributed by atoms with van der Waals surface area (Å²) in [4.78, 5) is 11.5. The summed E-state index contributed by atoms with van der Waals surface area (Å²) in [6.45, 7) is 11.3. The molecule has 0 saturated heterocycles. The smallest absolute Gasteiger partial charge is 0.407 e. The highest BCUT2D eigenvalue weighted by Crippen LogP contribution is 2.21. The number of alkyl carbamates (subject to hydrolysis) is 1. The van der Waals surface area contributed by atoms with Crippen molar-refractivity contribution in [2.75, 3.05) is 13.1 Å². The van der Waals surface area contributed by atoms with Crippen LogP contribution >= 0.6 is 15.9 Å². The van der Waals surface area contributed by atoms with E-state index in [0.717, 1.165) is 17.4 Å². The second kappa shape index (κ2) is 7.97. The van der Waals surface area contributed by atoms with Crippen LogP contribution in [0.4, 0.5) is 4.79 Å². The van der Waals surface area contributed by atoms with Crippen molar-refractivity contribution in [1.82, 2.24) is 10.6 Å². The second-order valence-corrected chi connectivity index (χ2v) is 7.76. The number of rotatable bonds is 6. The molecule has 1 aromatic carbocycles. The van der Waals surface area contributed by atoms with Crippen LogP contribution in [0, 0.1) is 0 Å². The first-order valence-corrected chi connectivity index (χ1v) is 8.37. The molecule has 1 rings (SSSR count). The molecule has 0 saturated carbocycles. The van der Waals surface area contributed by atoms with Gasteiger partial charge in [0.1, 0.15) is 5.60 Å². The maximum atomic E-state index is 11.5. The zero-order chi connectivity index (χ0) is 16.8. The molecule has 2 N–H and O–H groups in total. The van der Waals surface area contributed by atoms with Crippen LogP contribution in [0.1, 0.15) is 46.6 Å². The van der Waals surface area contributed by atoms with Gasteiger partial charge in [-0.25, -0.2) is 4.79 Å². The minimum atomic E-state index is -0.452. The molecule has 1 amide bonds. The Morgan fingerprint density at radius 1 is 1.09 bits per heavy atom. The van der Waals surface area contributed by atoms with Crippen molar-refractivity contribution in [3.8, 4) is 0 Å². The van der Waals surface area contributed by atoms with Gasteiger partial charge >= 0.3 is 6.09 Å². The fourth-order valence-electron chi connectivity index (χ4n) is 1.96. The van der Waals surface area contributed by atoms with E-state index in [1.165, 1.54) is 5.56 Å². The van der Waals surface area contributed by atoms with Gasteiger partial charge in [0.25, 0.3) is 0 Å². The van der Waals surface area contributed by atoms with E-state index in [0.29, 0.717) is 6.54 Å². The average molecular weight is 371 g/mol. The summed E-state index contributed by atoms with van der Waals surface area (Å²) in [6, 6.07) is 8.30. The zero-order valence-corrected chi connectivity index (χ0v) is 15.7. The summed E-state index contributed by atoms with van der Waals surface area (Å²) < 4.78 is 6.27. The number of carbonyl (C=O) groups is 1. The van der Waals surface area contributed by atoms with Gasteiger partial charge in [-0.2, -0.15) is 0 Å². The van der Waals surface area contributed by atoms with E-state index in [4.69, 9.17) is 4.74 Å². The van der Waals surface area contributed by atoms with E-state index in [1.54, 1.807) is 0 Å².